The van der Waals surface area contributed by atoms with Gasteiger partial charge in [0, 0.05) is 14.9 Å². The topological polar surface area (TPSA) is 70.9 Å². The number of phenols is 1. The maximum absolute atomic E-state index is 11.9. The summed E-state index contributed by atoms with van der Waals surface area (Å²) < 4.78 is 6.08. The van der Waals surface area contributed by atoms with Gasteiger partial charge < -0.3 is 9.84 Å². The molecule has 0 aliphatic carbocycles. The molecule has 132 valence electrons. The highest BCUT2D eigenvalue weighted by atomic mass is 79.9. The molecule has 7 heteroatoms. The molecule has 0 spiro atoms. The number of nitrogens with zero attached hydrogens (tertiary/aromatic N) is 1. The first-order chi connectivity index (χ1) is 11.9. The van der Waals surface area contributed by atoms with Crippen molar-refractivity contribution in [3.8, 4) is 11.5 Å². The lowest BCUT2D eigenvalue weighted by atomic mass is 10.2. The van der Waals surface area contributed by atoms with Gasteiger partial charge in [0.2, 0.25) is 5.91 Å². The molecule has 1 amide bonds. The van der Waals surface area contributed by atoms with Crippen LogP contribution in [0.15, 0.2) is 44.8 Å². The molecule has 0 atom stereocenters. The number of benzene rings is 2. The molecule has 0 radical (unpaired) electrons. The number of hydrazone groups is 1. The smallest absolute Gasteiger partial charge is 0.250 e. The lowest BCUT2D eigenvalue weighted by Gasteiger charge is -2.08. The Bertz CT molecular complexity index is 809. The van der Waals surface area contributed by atoms with Gasteiger partial charge in [0.1, 0.15) is 0 Å². The highest BCUT2D eigenvalue weighted by Crippen LogP contribution is 2.29. The average Bonchev–Trinajstić information content (AvgIpc) is 2.58. The summed E-state index contributed by atoms with van der Waals surface area (Å²) in [5.41, 5.74) is 5.16. The van der Waals surface area contributed by atoms with E-state index < -0.39 is 0 Å². The molecular formula is C18H19BrN2O3S. The predicted octanol–water partition coefficient (Wildman–Crippen LogP) is 4.02. The molecule has 2 aromatic carbocycles. The van der Waals surface area contributed by atoms with Gasteiger partial charge in [-0.3, -0.25) is 4.79 Å². The van der Waals surface area contributed by atoms with Gasteiger partial charge >= 0.3 is 0 Å². The minimum atomic E-state index is -0.219. The number of ether oxygens (including phenoxy) is 1. The Morgan fingerprint density at radius 1 is 1.36 bits per heavy atom. The van der Waals surface area contributed by atoms with Gasteiger partial charge in [-0.05, 0) is 49.2 Å². The molecule has 0 aliphatic heterocycles. The van der Waals surface area contributed by atoms with Gasteiger partial charge in [-0.1, -0.05) is 22.0 Å². The van der Waals surface area contributed by atoms with Crippen LogP contribution in [-0.4, -0.2) is 30.1 Å². The van der Waals surface area contributed by atoms with Crippen molar-refractivity contribution in [2.75, 3.05) is 12.9 Å². The first-order valence-corrected chi connectivity index (χ1v) is 9.27. The van der Waals surface area contributed by atoms with E-state index in [0.717, 1.165) is 20.5 Å². The summed E-state index contributed by atoms with van der Waals surface area (Å²) in [7, 11) is 1.47. The van der Waals surface area contributed by atoms with Crippen LogP contribution < -0.4 is 10.2 Å². The van der Waals surface area contributed by atoms with Gasteiger partial charge in [-0.2, -0.15) is 5.10 Å². The number of methoxy groups -OCH3 is 1. The number of phenolic OH excluding ortho intramolecular Hbond substituents is 1. The molecule has 0 unspecified atom stereocenters. The lowest BCUT2D eigenvalue weighted by Crippen LogP contribution is -2.19. The van der Waals surface area contributed by atoms with Crippen molar-refractivity contribution in [2.24, 2.45) is 5.10 Å². The standard InChI is InChI=1S/C18H19BrN2O3S/c1-11-8-16(12(2)7-14(11)19)25-10-17(22)21-20-9-13-5-4-6-15(24-3)18(13)23/h4-9,23H,10H2,1-3H3,(H,21,22)/b20-9-. The maximum Gasteiger partial charge on any atom is 0.250 e. The number of nitrogens with one attached hydrogen (secondary N) is 1. The van der Waals surface area contributed by atoms with Crippen molar-refractivity contribution in [1.29, 1.82) is 0 Å². The Labute approximate surface area is 159 Å². The fourth-order valence-corrected chi connectivity index (χ4v) is 3.42. The van der Waals surface area contributed by atoms with E-state index in [1.165, 1.54) is 25.1 Å². The van der Waals surface area contributed by atoms with Crippen molar-refractivity contribution < 1.29 is 14.6 Å². The molecule has 25 heavy (non-hydrogen) atoms. The van der Waals surface area contributed by atoms with Crippen LogP contribution in [0.4, 0.5) is 0 Å². The summed E-state index contributed by atoms with van der Waals surface area (Å²) in [5.74, 6) is 0.373. The highest BCUT2D eigenvalue weighted by molar-refractivity contribution is 9.10. The van der Waals surface area contributed by atoms with E-state index in [0.29, 0.717) is 11.3 Å². The Balaban J connectivity index is 1.92. The van der Waals surface area contributed by atoms with Crippen molar-refractivity contribution in [2.45, 2.75) is 18.7 Å². The van der Waals surface area contributed by atoms with Gasteiger partial charge in [-0.25, -0.2) is 5.43 Å². The van der Waals surface area contributed by atoms with Crippen LogP contribution in [0.25, 0.3) is 0 Å². The summed E-state index contributed by atoms with van der Waals surface area (Å²) >= 11 is 4.95. The van der Waals surface area contributed by atoms with Crippen LogP contribution >= 0.6 is 27.7 Å². The first kappa shape index (κ1) is 19.3. The monoisotopic (exact) mass is 422 g/mol. The van der Waals surface area contributed by atoms with Gasteiger partial charge in [-0.15, -0.1) is 11.8 Å². The van der Waals surface area contributed by atoms with Crippen molar-refractivity contribution in [3.63, 3.8) is 0 Å². The molecular weight excluding hydrogens is 404 g/mol. The van der Waals surface area contributed by atoms with Gasteiger partial charge in [0.15, 0.2) is 11.5 Å². The summed E-state index contributed by atoms with van der Waals surface area (Å²) in [6, 6.07) is 9.14. The number of halogens is 1. The summed E-state index contributed by atoms with van der Waals surface area (Å²) in [6.07, 6.45) is 1.38. The predicted molar refractivity (Wildman–Crippen MR) is 105 cm³/mol. The molecule has 0 saturated heterocycles. The van der Waals surface area contributed by atoms with Gasteiger partial charge in [0.05, 0.1) is 19.1 Å². The Kier molecular flexibility index (Phi) is 6.90. The van der Waals surface area contributed by atoms with E-state index in [9.17, 15) is 9.90 Å². The number of hydrogen-bond acceptors (Lipinski definition) is 5. The van der Waals surface area contributed by atoms with Crippen LogP contribution in [0.3, 0.4) is 0 Å². The SMILES string of the molecule is COc1cccc(/C=N\NC(=O)CSc2cc(C)c(Br)cc2C)c1O. The zero-order valence-corrected chi connectivity index (χ0v) is 16.6. The quantitative estimate of drug-likeness (QED) is 0.418. The van der Waals surface area contributed by atoms with E-state index in [1.54, 1.807) is 18.2 Å². The molecule has 0 aromatic heterocycles. The second-order valence-electron chi connectivity index (χ2n) is 5.35. The number of carbonyl (C=O) groups excluding carboxylic acids is 1. The van der Waals surface area contributed by atoms with Crippen LogP contribution in [0, 0.1) is 13.8 Å². The molecule has 2 N–H and O–H groups in total. The van der Waals surface area contributed by atoms with E-state index in [1.807, 2.05) is 19.9 Å². The molecule has 2 aromatic rings. The summed E-state index contributed by atoms with van der Waals surface area (Å²) in [5, 5.41) is 13.8. The maximum atomic E-state index is 11.9. The average molecular weight is 423 g/mol. The summed E-state index contributed by atoms with van der Waals surface area (Å²) in [4.78, 5) is 13.0. The minimum Gasteiger partial charge on any atom is -0.504 e. The fraction of sp³-hybridized carbons (Fsp3) is 0.222. The largest absolute Gasteiger partial charge is 0.504 e. The van der Waals surface area contributed by atoms with E-state index in [2.05, 4.69) is 32.5 Å². The van der Waals surface area contributed by atoms with Crippen molar-refractivity contribution in [1.82, 2.24) is 5.43 Å². The molecule has 5 nitrogen and oxygen atoms in total. The Morgan fingerprint density at radius 2 is 2.12 bits per heavy atom. The molecule has 0 aliphatic rings. The number of hydrogen-bond donors (Lipinski definition) is 2. The number of rotatable bonds is 6. The minimum absolute atomic E-state index is 0.0154. The highest BCUT2D eigenvalue weighted by Gasteiger charge is 2.07. The third-order valence-electron chi connectivity index (χ3n) is 3.46. The number of aromatic hydroxyl groups is 1. The zero-order chi connectivity index (χ0) is 18.4. The molecule has 0 heterocycles. The molecule has 0 bridgehead atoms. The van der Waals surface area contributed by atoms with Crippen LogP contribution in [0.2, 0.25) is 0 Å². The second-order valence-corrected chi connectivity index (χ2v) is 7.22. The third-order valence-corrected chi connectivity index (χ3v) is 5.47. The third kappa shape index (κ3) is 5.24. The van der Waals surface area contributed by atoms with Gasteiger partial charge in [0.25, 0.3) is 0 Å². The number of carbonyl (C=O) groups is 1. The zero-order valence-electron chi connectivity index (χ0n) is 14.2. The van der Waals surface area contributed by atoms with E-state index in [4.69, 9.17) is 4.74 Å². The summed E-state index contributed by atoms with van der Waals surface area (Å²) in [6.45, 7) is 4.02. The van der Waals surface area contributed by atoms with Crippen molar-refractivity contribution >= 4 is 39.8 Å². The molecule has 0 saturated carbocycles. The Hall–Kier alpha value is -1.99. The number of amides is 1. The van der Waals surface area contributed by atoms with E-state index >= 15 is 0 Å². The number of para-hydroxylation sites is 1. The van der Waals surface area contributed by atoms with Crippen LogP contribution in [0.5, 0.6) is 11.5 Å². The lowest BCUT2D eigenvalue weighted by molar-refractivity contribution is -0.118. The van der Waals surface area contributed by atoms with Crippen molar-refractivity contribution in [3.05, 3.63) is 51.5 Å². The van der Waals surface area contributed by atoms with E-state index in [-0.39, 0.29) is 17.4 Å². The fourth-order valence-electron chi connectivity index (χ4n) is 2.07. The number of thioether (sulfide) groups is 1. The second kappa shape index (κ2) is 8.92. The normalized spacial score (nSPS) is 10.9. The Morgan fingerprint density at radius 3 is 2.84 bits per heavy atom. The number of aryl methyl sites for hydroxylation is 2. The molecule has 0 fully saturated rings. The van der Waals surface area contributed by atoms with Crippen LogP contribution in [0.1, 0.15) is 16.7 Å². The first-order valence-electron chi connectivity index (χ1n) is 7.49. The van der Waals surface area contributed by atoms with Crippen LogP contribution in [-0.2, 0) is 4.79 Å². The molecule has 2 rings (SSSR count).